The highest BCUT2D eigenvalue weighted by atomic mass is 35.5. The molecule has 9 nitrogen and oxygen atoms in total. The van der Waals surface area contributed by atoms with Crippen molar-refractivity contribution in [3.05, 3.63) is 72.1 Å². The van der Waals surface area contributed by atoms with Gasteiger partial charge in [-0.1, -0.05) is 38.1 Å². The zero-order valence-electron chi connectivity index (χ0n) is 25.8. The molecule has 8 N–H and O–H groups in total. The van der Waals surface area contributed by atoms with Crippen molar-refractivity contribution in [3.8, 4) is 11.5 Å². The average Bonchev–Trinajstić information content (AvgIpc) is 2.90. The third kappa shape index (κ3) is 12.0. The molecule has 0 fully saturated rings. The number of pyridine rings is 2. The predicted molar refractivity (Wildman–Crippen MR) is 179 cm³/mol. The first kappa shape index (κ1) is 40.2. The number of aromatic nitrogens is 2. The topological polar surface area (TPSA) is 162 Å². The van der Waals surface area contributed by atoms with Gasteiger partial charge in [-0.25, -0.2) is 0 Å². The summed E-state index contributed by atoms with van der Waals surface area (Å²) in [6, 6.07) is 15.2. The number of phenolic OH excluding ortho intramolecular Hbond substituents is 2. The summed E-state index contributed by atoms with van der Waals surface area (Å²) in [5, 5.41) is 47.8. The van der Waals surface area contributed by atoms with Crippen molar-refractivity contribution in [1.82, 2.24) is 20.6 Å². The molecule has 0 aliphatic heterocycles. The van der Waals surface area contributed by atoms with Crippen LogP contribution in [0.1, 0.15) is 65.5 Å². The highest BCUT2D eigenvalue weighted by Gasteiger charge is 2.20. The van der Waals surface area contributed by atoms with Crippen LogP contribution in [0.5, 0.6) is 11.5 Å². The minimum absolute atomic E-state index is 0. The van der Waals surface area contributed by atoms with Crippen LogP contribution in [-0.4, -0.2) is 59.4 Å². The summed E-state index contributed by atoms with van der Waals surface area (Å²) >= 11 is 0. The highest BCUT2D eigenvalue weighted by Crippen LogP contribution is 2.28. The number of nitrogens with one attached hydrogen (secondary N) is 2. The molecule has 0 aliphatic rings. The van der Waals surface area contributed by atoms with Crippen LogP contribution in [0.4, 0.5) is 0 Å². The number of nitrogens with zero attached hydrogens (tertiary/aromatic N) is 2. The smallest absolute Gasteiger partial charge is 0.141 e. The molecule has 0 amide bonds. The quantitative estimate of drug-likeness (QED) is 0.129. The van der Waals surface area contributed by atoms with Crippen molar-refractivity contribution < 1.29 is 25.9 Å². The summed E-state index contributed by atoms with van der Waals surface area (Å²) in [7, 11) is 0. The molecule has 2 aromatic heterocycles. The van der Waals surface area contributed by atoms with Crippen LogP contribution < -0.4 is 10.6 Å². The van der Waals surface area contributed by atoms with E-state index < -0.39 is 11.4 Å². The Balaban J connectivity index is 0.000000767. The Kier molecular flexibility index (Phi) is 16.4. The van der Waals surface area contributed by atoms with Crippen molar-refractivity contribution in [2.75, 3.05) is 0 Å². The third-order valence-corrected chi connectivity index (χ3v) is 6.71. The van der Waals surface area contributed by atoms with Crippen LogP contribution in [0.3, 0.4) is 0 Å². The number of halogens is 2. The summed E-state index contributed by atoms with van der Waals surface area (Å²) in [6.45, 7) is 11.1. The Bertz CT molecular complexity index is 1300. The van der Waals surface area contributed by atoms with E-state index in [9.17, 15) is 20.4 Å². The molecule has 0 aliphatic carbocycles. The molecule has 0 saturated heterocycles. The van der Waals surface area contributed by atoms with Gasteiger partial charge in [0.2, 0.25) is 0 Å². The maximum absolute atomic E-state index is 9.89. The monoisotopic (exact) mass is 638 g/mol. The summed E-state index contributed by atoms with van der Waals surface area (Å²) in [5.74, 6) is 0.403. The van der Waals surface area contributed by atoms with Gasteiger partial charge in [-0.05, 0) is 88.8 Å². The van der Waals surface area contributed by atoms with Gasteiger partial charge < -0.3 is 25.9 Å². The molecule has 4 aromatic rings. The van der Waals surface area contributed by atoms with Crippen molar-refractivity contribution in [2.24, 2.45) is 0 Å². The molecule has 11 heteroatoms. The van der Waals surface area contributed by atoms with Gasteiger partial charge in [0.05, 0.1) is 0 Å². The number of phenols is 2. The molecule has 0 spiro atoms. The van der Waals surface area contributed by atoms with E-state index in [2.05, 4.69) is 34.4 Å². The van der Waals surface area contributed by atoms with Gasteiger partial charge in [0.25, 0.3) is 0 Å². The largest absolute Gasteiger partial charge is 0.506 e. The second kappa shape index (κ2) is 17.5. The zero-order chi connectivity index (χ0) is 29.5. The molecule has 2 heterocycles. The van der Waals surface area contributed by atoms with E-state index in [1.165, 1.54) is 0 Å². The SMILES string of the molecule is CCC(Cc1ccc(O)c2ncccc12)NC(C)(C)O.CCC(Cc1ccc(O)c2ncccc12)NC(C)(C)O.Cl.Cl.O. The molecule has 2 unspecified atom stereocenters. The molecule has 0 bridgehead atoms. The van der Waals surface area contributed by atoms with Crippen LogP contribution in [0.15, 0.2) is 60.9 Å². The lowest BCUT2D eigenvalue weighted by molar-refractivity contribution is 0.0296. The minimum atomic E-state index is -0.897. The Morgan fingerprint density at radius 3 is 1.30 bits per heavy atom. The minimum Gasteiger partial charge on any atom is -0.506 e. The van der Waals surface area contributed by atoms with Gasteiger partial charge in [0, 0.05) is 35.2 Å². The van der Waals surface area contributed by atoms with Gasteiger partial charge >= 0.3 is 0 Å². The lowest BCUT2D eigenvalue weighted by Gasteiger charge is -2.27. The number of aromatic hydroxyl groups is 2. The van der Waals surface area contributed by atoms with Crippen LogP contribution in [0.25, 0.3) is 21.8 Å². The number of hydrogen-bond acceptors (Lipinski definition) is 8. The fourth-order valence-corrected chi connectivity index (χ4v) is 4.91. The van der Waals surface area contributed by atoms with E-state index in [1.807, 2.05) is 36.4 Å². The van der Waals surface area contributed by atoms with E-state index in [0.29, 0.717) is 11.0 Å². The molecular weight excluding hydrogens is 591 g/mol. The molecule has 4 rings (SSSR count). The van der Waals surface area contributed by atoms with Crippen LogP contribution in [0.2, 0.25) is 0 Å². The Morgan fingerprint density at radius 1 is 0.651 bits per heavy atom. The molecule has 0 saturated carbocycles. The van der Waals surface area contributed by atoms with Crippen molar-refractivity contribution in [2.45, 2.75) is 90.8 Å². The Hall–Kier alpha value is -2.76. The van der Waals surface area contributed by atoms with Gasteiger partial charge in [-0.2, -0.15) is 0 Å². The number of benzene rings is 2. The highest BCUT2D eigenvalue weighted by molar-refractivity contribution is 5.88. The lowest BCUT2D eigenvalue weighted by Crippen LogP contribution is -2.46. The Morgan fingerprint density at radius 2 is 1.00 bits per heavy atom. The summed E-state index contributed by atoms with van der Waals surface area (Å²) < 4.78 is 0. The van der Waals surface area contributed by atoms with E-state index >= 15 is 0 Å². The van der Waals surface area contributed by atoms with E-state index in [4.69, 9.17) is 0 Å². The summed E-state index contributed by atoms with van der Waals surface area (Å²) in [5.41, 5.74) is 1.70. The maximum atomic E-state index is 9.89. The van der Waals surface area contributed by atoms with Gasteiger partial charge in [0.1, 0.15) is 34.0 Å². The standard InChI is InChI=1S/2C16H22N2O2.2ClH.H2O/c2*1-4-12(18-16(2,3)20)10-11-7-8-14(19)15-13(11)6-5-9-17-15;;;/h2*5-9,12,18-20H,4,10H2,1-3H3;2*1H;1H2. The second-order valence-corrected chi connectivity index (χ2v) is 11.3. The first-order valence-electron chi connectivity index (χ1n) is 13.9. The zero-order valence-corrected chi connectivity index (χ0v) is 27.4. The first-order valence-corrected chi connectivity index (χ1v) is 13.9. The van der Waals surface area contributed by atoms with E-state index in [-0.39, 0.29) is 53.9 Å². The van der Waals surface area contributed by atoms with E-state index in [0.717, 1.165) is 47.6 Å². The predicted octanol–water partition coefficient (Wildman–Crippen LogP) is 5.18. The third-order valence-electron chi connectivity index (χ3n) is 6.71. The van der Waals surface area contributed by atoms with Gasteiger partial charge in [-0.15, -0.1) is 24.8 Å². The molecule has 2 atom stereocenters. The normalized spacial score (nSPS) is 12.7. The molecular formula is C32H48Cl2N4O5. The first-order chi connectivity index (χ1) is 18.8. The number of aliphatic hydroxyl groups is 2. The van der Waals surface area contributed by atoms with Crippen LogP contribution >= 0.6 is 24.8 Å². The molecule has 2 aromatic carbocycles. The number of hydrogen-bond donors (Lipinski definition) is 6. The summed E-state index contributed by atoms with van der Waals surface area (Å²) in [4.78, 5) is 8.46. The van der Waals surface area contributed by atoms with Gasteiger partial charge in [-0.3, -0.25) is 20.6 Å². The lowest BCUT2D eigenvalue weighted by atomic mass is 9.98. The fraction of sp³-hybridized carbons (Fsp3) is 0.438. The maximum Gasteiger partial charge on any atom is 0.141 e. The number of rotatable bonds is 10. The Labute approximate surface area is 266 Å². The molecule has 0 radical (unpaired) electrons. The van der Waals surface area contributed by atoms with E-state index in [1.54, 1.807) is 52.2 Å². The second-order valence-electron chi connectivity index (χ2n) is 11.3. The van der Waals surface area contributed by atoms with Crippen molar-refractivity contribution in [3.63, 3.8) is 0 Å². The molecule has 43 heavy (non-hydrogen) atoms. The van der Waals surface area contributed by atoms with Gasteiger partial charge in [0.15, 0.2) is 0 Å². The number of fused-ring (bicyclic) bond motifs is 2. The van der Waals surface area contributed by atoms with Crippen LogP contribution in [0, 0.1) is 0 Å². The average molecular weight is 640 g/mol. The van der Waals surface area contributed by atoms with Crippen molar-refractivity contribution >= 4 is 46.6 Å². The summed E-state index contributed by atoms with van der Waals surface area (Å²) in [6.07, 6.45) is 6.74. The van der Waals surface area contributed by atoms with Crippen LogP contribution in [-0.2, 0) is 12.8 Å². The molecule has 240 valence electrons. The fourth-order valence-electron chi connectivity index (χ4n) is 4.91. The van der Waals surface area contributed by atoms with Crippen molar-refractivity contribution in [1.29, 1.82) is 0 Å².